The number of hydrogen-bond acceptors (Lipinski definition) is 4. The number of rotatable bonds is 5. The van der Waals surface area contributed by atoms with Crippen LogP contribution in [-0.2, 0) is 4.79 Å². The maximum atomic E-state index is 12.5. The van der Waals surface area contributed by atoms with E-state index in [2.05, 4.69) is 16.7 Å². The van der Waals surface area contributed by atoms with E-state index < -0.39 is 0 Å². The van der Waals surface area contributed by atoms with Gasteiger partial charge in [-0.25, -0.2) is 0 Å². The predicted molar refractivity (Wildman–Crippen MR) is 107 cm³/mol. The highest BCUT2D eigenvalue weighted by Gasteiger charge is 2.23. The summed E-state index contributed by atoms with van der Waals surface area (Å²) < 4.78 is 0. The van der Waals surface area contributed by atoms with Crippen molar-refractivity contribution in [1.82, 2.24) is 10.6 Å². The van der Waals surface area contributed by atoms with Crippen molar-refractivity contribution in [3.05, 3.63) is 59.3 Å². The number of nitrogens with two attached hydrogens (primary N) is 2. The number of benzene rings is 2. The zero-order chi connectivity index (χ0) is 18.7. The van der Waals surface area contributed by atoms with Crippen molar-refractivity contribution in [3.63, 3.8) is 0 Å². The molecule has 1 fully saturated rings. The normalized spacial score (nSPS) is 15.0. The van der Waals surface area contributed by atoms with E-state index in [1.54, 1.807) is 7.05 Å². The van der Waals surface area contributed by atoms with Gasteiger partial charge in [0.1, 0.15) is 5.70 Å². The number of para-hydroxylation sites is 1. The van der Waals surface area contributed by atoms with E-state index in [9.17, 15) is 4.79 Å². The SMILES string of the molecule is CN/C(=C(/N)C(=O)NC1CCC1)c1cccc(-c2cccc(C)c2)c1N. The molecule has 0 aromatic heterocycles. The Balaban J connectivity index is 1.99. The predicted octanol–water partition coefficient (Wildman–Crippen LogP) is 2.76. The van der Waals surface area contributed by atoms with Gasteiger partial charge in [0.15, 0.2) is 0 Å². The van der Waals surface area contributed by atoms with E-state index in [-0.39, 0.29) is 17.6 Å². The van der Waals surface area contributed by atoms with Gasteiger partial charge < -0.3 is 22.1 Å². The Labute approximate surface area is 154 Å². The number of nitrogens with one attached hydrogen (secondary N) is 2. The molecule has 0 saturated heterocycles. The minimum Gasteiger partial charge on any atom is -0.398 e. The summed E-state index contributed by atoms with van der Waals surface area (Å²) in [5.74, 6) is -0.251. The minimum absolute atomic E-state index is 0.160. The minimum atomic E-state index is -0.251. The first-order valence-corrected chi connectivity index (χ1v) is 8.95. The number of carbonyl (C=O) groups is 1. The summed E-state index contributed by atoms with van der Waals surface area (Å²) in [6.45, 7) is 2.05. The first-order valence-electron chi connectivity index (χ1n) is 8.95. The lowest BCUT2D eigenvalue weighted by atomic mass is 9.93. The van der Waals surface area contributed by atoms with Gasteiger partial charge in [-0.1, -0.05) is 48.0 Å². The highest BCUT2D eigenvalue weighted by molar-refractivity contribution is 6.02. The molecule has 0 atom stereocenters. The summed E-state index contributed by atoms with van der Waals surface area (Å²) in [5, 5.41) is 6.02. The van der Waals surface area contributed by atoms with Crippen molar-refractivity contribution >= 4 is 17.3 Å². The molecule has 136 valence electrons. The van der Waals surface area contributed by atoms with Crippen LogP contribution in [0.25, 0.3) is 16.8 Å². The number of hydrogen-bond donors (Lipinski definition) is 4. The van der Waals surface area contributed by atoms with Gasteiger partial charge >= 0.3 is 0 Å². The molecule has 0 bridgehead atoms. The topological polar surface area (TPSA) is 93.2 Å². The van der Waals surface area contributed by atoms with Crippen molar-refractivity contribution in [2.24, 2.45) is 5.73 Å². The maximum Gasteiger partial charge on any atom is 0.269 e. The Kier molecular flexibility index (Phi) is 5.16. The quantitative estimate of drug-likeness (QED) is 0.493. The summed E-state index contributed by atoms with van der Waals surface area (Å²) in [6.07, 6.45) is 3.18. The van der Waals surface area contributed by atoms with Crippen LogP contribution in [0, 0.1) is 6.92 Å². The average Bonchev–Trinajstić information content (AvgIpc) is 2.59. The fourth-order valence-corrected chi connectivity index (χ4v) is 3.19. The van der Waals surface area contributed by atoms with Crippen molar-refractivity contribution in [3.8, 4) is 11.1 Å². The van der Waals surface area contributed by atoms with Crippen LogP contribution in [0.5, 0.6) is 0 Å². The van der Waals surface area contributed by atoms with Gasteiger partial charge in [-0.15, -0.1) is 0 Å². The highest BCUT2D eigenvalue weighted by Crippen LogP contribution is 2.32. The van der Waals surface area contributed by atoms with E-state index in [0.717, 1.165) is 41.5 Å². The summed E-state index contributed by atoms with van der Waals surface area (Å²) in [4.78, 5) is 12.5. The number of carbonyl (C=O) groups excluding carboxylic acids is 1. The summed E-state index contributed by atoms with van der Waals surface area (Å²) >= 11 is 0. The lowest BCUT2D eigenvalue weighted by molar-refractivity contribution is -0.118. The maximum absolute atomic E-state index is 12.5. The fraction of sp³-hybridized carbons (Fsp3) is 0.286. The molecule has 3 rings (SSSR count). The first kappa shape index (κ1) is 17.9. The first-order chi connectivity index (χ1) is 12.5. The number of amides is 1. The summed E-state index contributed by atoms with van der Waals surface area (Å²) in [6, 6.07) is 14.2. The highest BCUT2D eigenvalue weighted by atomic mass is 16.2. The fourth-order valence-electron chi connectivity index (χ4n) is 3.19. The molecule has 2 aromatic carbocycles. The van der Waals surface area contributed by atoms with Crippen molar-refractivity contribution < 1.29 is 4.79 Å². The molecule has 5 nitrogen and oxygen atoms in total. The zero-order valence-corrected chi connectivity index (χ0v) is 15.3. The third kappa shape index (κ3) is 3.52. The monoisotopic (exact) mass is 350 g/mol. The molecule has 0 unspecified atom stereocenters. The average molecular weight is 350 g/mol. The Hall–Kier alpha value is -2.95. The van der Waals surface area contributed by atoms with Crippen molar-refractivity contribution in [2.75, 3.05) is 12.8 Å². The molecule has 26 heavy (non-hydrogen) atoms. The third-order valence-corrected chi connectivity index (χ3v) is 4.91. The van der Waals surface area contributed by atoms with Crippen molar-refractivity contribution in [1.29, 1.82) is 0 Å². The molecule has 0 spiro atoms. The van der Waals surface area contributed by atoms with Crippen LogP contribution in [-0.4, -0.2) is 19.0 Å². The van der Waals surface area contributed by atoms with Crippen LogP contribution >= 0.6 is 0 Å². The van der Waals surface area contributed by atoms with E-state index >= 15 is 0 Å². The van der Waals surface area contributed by atoms with Crippen LogP contribution in [0.15, 0.2) is 48.2 Å². The third-order valence-electron chi connectivity index (χ3n) is 4.91. The largest absolute Gasteiger partial charge is 0.398 e. The van der Waals surface area contributed by atoms with Crippen molar-refractivity contribution in [2.45, 2.75) is 32.2 Å². The molecule has 1 aliphatic carbocycles. The van der Waals surface area contributed by atoms with Gasteiger partial charge in [0, 0.05) is 29.9 Å². The molecular weight excluding hydrogens is 324 g/mol. The van der Waals surface area contributed by atoms with Gasteiger partial charge in [-0.2, -0.15) is 0 Å². The Morgan fingerprint density at radius 3 is 2.50 bits per heavy atom. The van der Waals surface area contributed by atoms with E-state index in [1.807, 2.05) is 43.3 Å². The number of aryl methyl sites for hydroxylation is 1. The summed E-state index contributed by atoms with van der Waals surface area (Å²) in [5.41, 5.74) is 17.8. The Morgan fingerprint density at radius 2 is 1.88 bits per heavy atom. The van der Waals surface area contributed by atoms with Gasteiger partial charge in [0.05, 0.1) is 5.70 Å². The van der Waals surface area contributed by atoms with Crippen LogP contribution in [0.3, 0.4) is 0 Å². The number of anilines is 1. The lowest BCUT2D eigenvalue weighted by Gasteiger charge is -2.27. The second kappa shape index (κ2) is 7.52. The van der Waals surface area contributed by atoms with E-state index in [4.69, 9.17) is 11.5 Å². The number of nitrogen functional groups attached to an aromatic ring is 1. The molecule has 1 saturated carbocycles. The van der Waals surface area contributed by atoms with E-state index in [1.165, 1.54) is 0 Å². The zero-order valence-electron chi connectivity index (χ0n) is 15.3. The Bertz CT molecular complexity index is 853. The van der Waals surface area contributed by atoms with Crippen LogP contribution in [0.1, 0.15) is 30.4 Å². The van der Waals surface area contributed by atoms with Gasteiger partial charge in [0.25, 0.3) is 5.91 Å². The van der Waals surface area contributed by atoms with Gasteiger partial charge in [0.2, 0.25) is 0 Å². The van der Waals surface area contributed by atoms with Gasteiger partial charge in [-0.05, 0) is 31.7 Å². The molecule has 0 heterocycles. The second-order valence-corrected chi connectivity index (χ2v) is 6.78. The molecule has 5 heteroatoms. The second-order valence-electron chi connectivity index (χ2n) is 6.78. The van der Waals surface area contributed by atoms with Crippen LogP contribution in [0.2, 0.25) is 0 Å². The summed E-state index contributed by atoms with van der Waals surface area (Å²) in [7, 11) is 1.75. The molecule has 2 aromatic rings. The molecule has 1 aliphatic rings. The molecular formula is C21H26N4O. The smallest absolute Gasteiger partial charge is 0.269 e. The van der Waals surface area contributed by atoms with Gasteiger partial charge in [-0.3, -0.25) is 4.79 Å². The van der Waals surface area contributed by atoms with E-state index in [0.29, 0.717) is 11.4 Å². The van der Waals surface area contributed by atoms with Crippen LogP contribution < -0.4 is 22.1 Å². The Morgan fingerprint density at radius 1 is 1.15 bits per heavy atom. The lowest BCUT2D eigenvalue weighted by Crippen LogP contribution is -2.42. The molecule has 1 amide bonds. The molecule has 0 radical (unpaired) electrons. The standard InChI is InChI=1S/C21H26N4O/c1-13-6-3-7-14(12-13)16-10-5-11-17(18(16)22)20(24-2)19(23)21(26)25-15-8-4-9-15/h3,5-7,10-12,15,24H,4,8-9,22-23H2,1-2H3,(H,25,26)/b20-19+. The van der Waals surface area contributed by atoms with Crippen LogP contribution in [0.4, 0.5) is 5.69 Å². The molecule has 6 N–H and O–H groups in total. The molecule has 0 aliphatic heterocycles.